The molecule has 0 aliphatic heterocycles. The molecule has 2 aromatic rings. The second-order valence-electron chi connectivity index (χ2n) is 5.19. The lowest BCUT2D eigenvalue weighted by Gasteiger charge is -2.18. The number of hydrogen-bond acceptors (Lipinski definition) is 5. The number of carbonyl (C=O) groups excluding carboxylic acids is 2. The lowest BCUT2D eigenvalue weighted by atomic mass is 10.1. The van der Waals surface area contributed by atoms with Gasteiger partial charge in [0.05, 0.1) is 7.11 Å². The molecule has 0 spiro atoms. The Balaban J connectivity index is 2.10. The van der Waals surface area contributed by atoms with Gasteiger partial charge < -0.3 is 19.4 Å². The number of ether oxygens (including phenoxy) is 1. The van der Waals surface area contributed by atoms with Gasteiger partial charge in [-0.25, -0.2) is 0 Å². The molecule has 0 bridgehead atoms. The maximum atomic E-state index is 12.2. The number of nitrogens with zero attached hydrogens (tertiary/aromatic N) is 1. The van der Waals surface area contributed by atoms with Crippen LogP contribution in [0, 0.1) is 0 Å². The number of hydrogen-bond donors (Lipinski definition) is 1. The normalized spacial score (nSPS) is 10.2. The Labute approximate surface area is 145 Å². The fourth-order valence-electron chi connectivity index (χ4n) is 2.25. The lowest BCUT2D eigenvalue weighted by Crippen LogP contribution is -2.30. The highest BCUT2D eigenvalue weighted by Gasteiger charge is 2.14. The fraction of sp³-hybridized carbons (Fsp3) is 0.278. The summed E-state index contributed by atoms with van der Waals surface area (Å²) in [5.41, 5.74) is 0.580. The van der Waals surface area contributed by atoms with Gasteiger partial charge in [0.2, 0.25) is 11.2 Å². The largest absolute Gasteiger partial charge is 0.490 e. The Morgan fingerprint density at radius 2 is 1.80 bits per heavy atom. The van der Waals surface area contributed by atoms with Crippen molar-refractivity contribution in [2.24, 2.45) is 0 Å². The van der Waals surface area contributed by atoms with E-state index in [-0.39, 0.29) is 17.4 Å². The molecule has 0 atom stereocenters. The van der Waals surface area contributed by atoms with Crippen molar-refractivity contribution in [3.05, 3.63) is 58.1 Å². The summed E-state index contributed by atoms with van der Waals surface area (Å²) in [4.78, 5) is 37.7. The van der Waals surface area contributed by atoms with E-state index >= 15 is 0 Å². The van der Waals surface area contributed by atoms with Gasteiger partial charge in [0.25, 0.3) is 11.8 Å². The van der Waals surface area contributed by atoms with Gasteiger partial charge in [0.1, 0.15) is 6.26 Å². The van der Waals surface area contributed by atoms with E-state index in [0.29, 0.717) is 24.3 Å². The second kappa shape index (κ2) is 8.14. The third kappa shape index (κ3) is 4.26. The standard InChI is InChI=1S/C18H20N2O5/c1-4-20(5-2)18(23)12-6-8-13(9-7-12)19-17(22)15-10-14(21)16(24-3)11-25-15/h6-11H,4-5H2,1-3H3,(H,19,22). The van der Waals surface area contributed by atoms with Crippen LogP contribution in [0.1, 0.15) is 34.8 Å². The minimum absolute atomic E-state index is 0.0239. The third-order valence-electron chi connectivity index (χ3n) is 3.68. The first kappa shape index (κ1) is 18.3. The van der Waals surface area contributed by atoms with Crippen LogP contribution in [0.3, 0.4) is 0 Å². The number of carbonyl (C=O) groups is 2. The van der Waals surface area contributed by atoms with Gasteiger partial charge in [-0.1, -0.05) is 0 Å². The lowest BCUT2D eigenvalue weighted by molar-refractivity contribution is 0.0773. The maximum Gasteiger partial charge on any atom is 0.291 e. The van der Waals surface area contributed by atoms with Crippen LogP contribution in [0.25, 0.3) is 0 Å². The van der Waals surface area contributed by atoms with Crippen molar-refractivity contribution in [1.82, 2.24) is 4.90 Å². The van der Waals surface area contributed by atoms with Crippen molar-refractivity contribution in [2.75, 3.05) is 25.5 Å². The zero-order valence-corrected chi connectivity index (χ0v) is 14.4. The molecule has 2 rings (SSSR count). The van der Waals surface area contributed by atoms with Gasteiger partial charge in [-0.2, -0.15) is 0 Å². The molecule has 0 fully saturated rings. The molecule has 132 valence electrons. The van der Waals surface area contributed by atoms with Crippen LogP contribution in [-0.2, 0) is 0 Å². The van der Waals surface area contributed by atoms with Gasteiger partial charge in [0, 0.05) is 30.4 Å². The van der Waals surface area contributed by atoms with Gasteiger partial charge in [0.15, 0.2) is 5.76 Å². The SMILES string of the molecule is CCN(CC)C(=O)c1ccc(NC(=O)c2cc(=O)c(OC)co2)cc1. The van der Waals surface area contributed by atoms with Gasteiger partial charge >= 0.3 is 0 Å². The highest BCUT2D eigenvalue weighted by atomic mass is 16.5. The van der Waals surface area contributed by atoms with Crippen LogP contribution in [-0.4, -0.2) is 36.9 Å². The monoisotopic (exact) mass is 344 g/mol. The van der Waals surface area contributed by atoms with E-state index in [0.717, 1.165) is 12.3 Å². The van der Waals surface area contributed by atoms with Crippen LogP contribution in [0.15, 0.2) is 45.8 Å². The van der Waals surface area contributed by atoms with Gasteiger partial charge in [-0.15, -0.1) is 0 Å². The highest BCUT2D eigenvalue weighted by molar-refractivity contribution is 6.02. The summed E-state index contributed by atoms with van der Waals surface area (Å²) < 4.78 is 9.89. The Hall–Kier alpha value is -3.09. The summed E-state index contributed by atoms with van der Waals surface area (Å²) in [6, 6.07) is 7.58. The molecule has 25 heavy (non-hydrogen) atoms. The van der Waals surface area contributed by atoms with Crippen molar-refractivity contribution in [1.29, 1.82) is 0 Å². The quantitative estimate of drug-likeness (QED) is 0.869. The van der Waals surface area contributed by atoms with E-state index in [1.165, 1.54) is 7.11 Å². The van der Waals surface area contributed by atoms with E-state index in [1.54, 1.807) is 29.2 Å². The molecule has 0 radical (unpaired) electrons. The molecule has 1 heterocycles. The van der Waals surface area contributed by atoms with Crippen molar-refractivity contribution >= 4 is 17.5 Å². The first-order valence-corrected chi connectivity index (χ1v) is 7.87. The summed E-state index contributed by atoms with van der Waals surface area (Å²) in [5.74, 6) is -0.739. The van der Waals surface area contributed by atoms with Gasteiger partial charge in [-0.05, 0) is 38.1 Å². The van der Waals surface area contributed by atoms with E-state index in [2.05, 4.69) is 5.32 Å². The Morgan fingerprint density at radius 3 is 2.32 bits per heavy atom. The number of anilines is 1. The predicted molar refractivity (Wildman–Crippen MR) is 93.2 cm³/mol. The van der Waals surface area contributed by atoms with Crippen molar-refractivity contribution in [2.45, 2.75) is 13.8 Å². The van der Waals surface area contributed by atoms with Crippen molar-refractivity contribution < 1.29 is 18.7 Å². The van der Waals surface area contributed by atoms with Crippen molar-refractivity contribution in [3.8, 4) is 5.75 Å². The smallest absolute Gasteiger partial charge is 0.291 e. The number of benzene rings is 1. The summed E-state index contributed by atoms with van der Waals surface area (Å²) in [5, 5.41) is 2.61. The number of rotatable bonds is 6. The zero-order chi connectivity index (χ0) is 18.4. The summed E-state index contributed by atoms with van der Waals surface area (Å²) >= 11 is 0. The molecule has 0 saturated carbocycles. The first-order chi connectivity index (χ1) is 12.0. The van der Waals surface area contributed by atoms with Crippen LogP contribution in [0.2, 0.25) is 0 Å². The molecule has 1 aromatic heterocycles. The molecule has 2 amide bonds. The van der Waals surface area contributed by atoms with Crippen LogP contribution in [0.5, 0.6) is 5.75 Å². The minimum Gasteiger partial charge on any atom is -0.490 e. The molecule has 1 aromatic carbocycles. The number of nitrogens with one attached hydrogen (secondary N) is 1. The predicted octanol–water partition coefficient (Wildman–Crippen LogP) is 2.38. The summed E-state index contributed by atoms with van der Waals surface area (Å²) in [6.45, 7) is 5.09. The first-order valence-electron chi connectivity index (χ1n) is 7.87. The molecule has 7 nitrogen and oxygen atoms in total. The molecule has 7 heteroatoms. The topological polar surface area (TPSA) is 88.9 Å². The zero-order valence-electron chi connectivity index (χ0n) is 14.4. The van der Waals surface area contributed by atoms with E-state index in [9.17, 15) is 14.4 Å². The maximum absolute atomic E-state index is 12.2. The van der Waals surface area contributed by atoms with Crippen LogP contribution >= 0.6 is 0 Å². The fourth-order valence-corrected chi connectivity index (χ4v) is 2.25. The second-order valence-corrected chi connectivity index (χ2v) is 5.19. The molecule has 0 aliphatic rings. The number of methoxy groups -OCH3 is 1. The molecule has 1 N–H and O–H groups in total. The summed E-state index contributed by atoms with van der Waals surface area (Å²) in [6.07, 6.45) is 1.09. The van der Waals surface area contributed by atoms with Crippen molar-refractivity contribution in [3.63, 3.8) is 0 Å². The van der Waals surface area contributed by atoms with E-state index < -0.39 is 11.3 Å². The highest BCUT2D eigenvalue weighted by Crippen LogP contribution is 2.13. The van der Waals surface area contributed by atoms with E-state index in [4.69, 9.17) is 9.15 Å². The molecule has 0 saturated heterocycles. The molecule has 0 aliphatic carbocycles. The third-order valence-corrected chi connectivity index (χ3v) is 3.68. The van der Waals surface area contributed by atoms with Gasteiger partial charge in [-0.3, -0.25) is 14.4 Å². The molecule has 0 unspecified atom stereocenters. The average Bonchev–Trinajstić information content (AvgIpc) is 2.63. The number of amides is 2. The molecular formula is C18H20N2O5. The average molecular weight is 344 g/mol. The van der Waals surface area contributed by atoms with Crippen LogP contribution < -0.4 is 15.5 Å². The van der Waals surface area contributed by atoms with E-state index in [1.807, 2.05) is 13.8 Å². The molecular weight excluding hydrogens is 324 g/mol. The Bertz CT molecular complexity index is 807. The Kier molecular flexibility index (Phi) is 5.94. The van der Waals surface area contributed by atoms with Crippen LogP contribution in [0.4, 0.5) is 5.69 Å². The Morgan fingerprint density at radius 1 is 1.16 bits per heavy atom. The summed E-state index contributed by atoms with van der Waals surface area (Å²) in [7, 11) is 1.34. The minimum atomic E-state index is -0.567.